The number of fused-ring (bicyclic) bond motifs is 1. The molecular weight excluding hydrogens is 278 g/mol. The third-order valence-corrected chi connectivity index (χ3v) is 4.24. The number of rotatable bonds is 4. The lowest BCUT2D eigenvalue weighted by Gasteiger charge is -2.32. The van der Waals surface area contributed by atoms with Crippen LogP contribution in [0.5, 0.6) is 11.5 Å². The van der Waals surface area contributed by atoms with E-state index in [9.17, 15) is 10.2 Å². The van der Waals surface area contributed by atoms with E-state index >= 15 is 0 Å². The molecule has 1 aliphatic heterocycles. The molecular formula is C18H21NO3. The zero-order chi connectivity index (χ0) is 15.5. The summed E-state index contributed by atoms with van der Waals surface area (Å²) in [6.07, 6.45) is 2.14. The van der Waals surface area contributed by atoms with Crippen LogP contribution in [0.25, 0.3) is 0 Å². The number of benzene rings is 2. The lowest BCUT2D eigenvalue weighted by atomic mass is 9.90. The van der Waals surface area contributed by atoms with Gasteiger partial charge in [-0.05, 0) is 30.0 Å². The van der Waals surface area contributed by atoms with Crippen molar-refractivity contribution >= 4 is 0 Å². The molecule has 0 aliphatic carbocycles. The average molecular weight is 299 g/mol. The molecule has 2 atom stereocenters. The maximum Gasteiger partial charge on any atom is 0.161 e. The molecule has 116 valence electrons. The van der Waals surface area contributed by atoms with Gasteiger partial charge in [-0.25, -0.2) is 0 Å². The molecule has 2 aromatic carbocycles. The molecule has 0 amide bonds. The summed E-state index contributed by atoms with van der Waals surface area (Å²) in [7, 11) is 0. The van der Waals surface area contributed by atoms with Gasteiger partial charge in [0.1, 0.15) is 0 Å². The average Bonchev–Trinajstić information content (AvgIpc) is 2.57. The summed E-state index contributed by atoms with van der Waals surface area (Å²) < 4.78 is 6.06. The molecule has 0 bridgehead atoms. The number of hydrogen-bond acceptors (Lipinski definition) is 4. The maximum absolute atomic E-state index is 10.1. The van der Waals surface area contributed by atoms with E-state index in [2.05, 4.69) is 12.1 Å². The Bertz CT molecular complexity index is 642. The summed E-state index contributed by atoms with van der Waals surface area (Å²) in [6, 6.07) is 13.5. The molecule has 4 N–H and O–H groups in total. The van der Waals surface area contributed by atoms with E-state index in [4.69, 9.17) is 10.5 Å². The quantitative estimate of drug-likeness (QED) is 0.759. The van der Waals surface area contributed by atoms with Gasteiger partial charge in [0.05, 0.1) is 12.2 Å². The molecule has 22 heavy (non-hydrogen) atoms. The van der Waals surface area contributed by atoms with Gasteiger partial charge in [-0.2, -0.15) is 0 Å². The number of phenolic OH excluding ortho intramolecular Hbond substituents is 2. The summed E-state index contributed by atoms with van der Waals surface area (Å²) in [6.45, 7) is 0.360. The Morgan fingerprint density at radius 3 is 2.59 bits per heavy atom. The molecule has 1 aliphatic rings. The van der Waals surface area contributed by atoms with Crippen LogP contribution in [0.1, 0.15) is 29.2 Å². The van der Waals surface area contributed by atoms with E-state index in [1.807, 2.05) is 18.2 Å². The lowest BCUT2D eigenvalue weighted by molar-refractivity contribution is -0.0250. The minimum Gasteiger partial charge on any atom is -0.504 e. The van der Waals surface area contributed by atoms with Gasteiger partial charge in [0.2, 0.25) is 0 Å². The van der Waals surface area contributed by atoms with Crippen molar-refractivity contribution in [3.8, 4) is 11.5 Å². The zero-order valence-electron chi connectivity index (χ0n) is 12.4. The van der Waals surface area contributed by atoms with Gasteiger partial charge in [0, 0.05) is 18.5 Å². The lowest BCUT2D eigenvalue weighted by Crippen LogP contribution is -2.30. The molecule has 3 rings (SSSR count). The zero-order valence-corrected chi connectivity index (χ0v) is 12.4. The summed E-state index contributed by atoms with van der Waals surface area (Å²) >= 11 is 0. The molecule has 0 radical (unpaired) electrons. The van der Waals surface area contributed by atoms with Gasteiger partial charge < -0.3 is 20.7 Å². The van der Waals surface area contributed by atoms with Crippen LogP contribution in [0.3, 0.4) is 0 Å². The van der Waals surface area contributed by atoms with Crippen molar-refractivity contribution in [1.29, 1.82) is 0 Å². The second kappa shape index (κ2) is 6.38. The van der Waals surface area contributed by atoms with Gasteiger partial charge in [-0.15, -0.1) is 0 Å². The van der Waals surface area contributed by atoms with Crippen molar-refractivity contribution in [2.45, 2.75) is 31.5 Å². The minimum absolute atomic E-state index is 0.00560. The molecule has 4 nitrogen and oxygen atoms in total. The predicted molar refractivity (Wildman–Crippen MR) is 84.9 cm³/mol. The fourth-order valence-corrected chi connectivity index (χ4v) is 3.06. The van der Waals surface area contributed by atoms with Crippen LogP contribution >= 0.6 is 0 Å². The Hall–Kier alpha value is -2.04. The summed E-state index contributed by atoms with van der Waals surface area (Å²) in [5.74, 6) is -0.123. The molecule has 0 saturated heterocycles. The predicted octanol–water partition coefficient (Wildman–Crippen LogP) is 2.67. The van der Waals surface area contributed by atoms with Crippen LogP contribution < -0.4 is 5.73 Å². The van der Waals surface area contributed by atoms with Crippen LogP contribution in [0.2, 0.25) is 0 Å². The minimum atomic E-state index is -0.226. The second-order valence-corrected chi connectivity index (χ2v) is 5.71. The van der Waals surface area contributed by atoms with Gasteiger partial charge in [0.15, 0.2) is 11.5 Å². The van der Waals surface area contributed by atoms with Gasteiger partial charge in [0.25, 0.3) is 0 Å². The van der Waals surface area contributed by atoms with Gasteiger partial charge >= 0.3 is 0 Å². The van der Waals surface area contributed by atoms with Gasteiger partial charge in [-0.3, -0.25) is 0 Å². The SMILES string of the molecule is NC[C@@H]1O[C@H](CCc2ccccc2)Cc2c1ccc(O)c2O. The van der Waals surface area contributed by atoms with E-state index in [0.29, 0.717) is 13.0 Å². The van der Waals surface area contributed by atoms with E-state index in [0.717, 1.165) is 24.0 Å². The summed E-state index contributed by atoms with van der Waals surface area (Å²) in [5.41, 5.74) is 8.72. The first kappa shape index (κ1) is 14.9. The van der Waals surface area contributed by atoms with Crippen LogP contribution in [0.4, 0.5) is 0 Å². The number of ether oxygens (including phenoxy) is 1. The maximum atomic E-state index is 10.1. The second-order valence-electron chi connectivity index (χ2n) is 5.71. The highest BCUT2D eigenvalue weighted by molar-refractivity contribution is 5.51. The number of aromatic hydroxyl groups is 2. The van der Waals surface area contributed by atoms with E-state index in [1.54, 1.807) is 6.07 Å². The Labute approximate surface area is 130 Å². The van der Waals surface area contributed by atoms with E-state index < -0.39 is 0 Å². The molecule has 0 aromatic heterocycles. The Balaban J connectivity index is 1.77. The van der Waals surface area contributed by atoms with Crippen LogP contribution in [0.15, 0.2) is 42.5 Å². The largest absolute Gasteiger partial charge is 0.504 e. The molecule has 0 unspecified atom stereocenters. The normalized spacial score (nSPS) is 20.6. The molecule has 2 aromatic rings. The van der Waals surface area contributed by atoms with Crippen LogP contribution in [-0.4, -0.2) is 22.9 Å². The summed E-state index contributed by atoms with van der Waals surface area (Å²) in [5, 5.41) is 19.8. The van der Waals surface area contributed by atoms with E-state index in [1.165, 1.54) is 11.6 Å². The third-order valence-electron chi connectivity index (χ3n) is 4.24. The Kier molecular flexibility index (Phi) is 4.32. The van der Waals surface area contributed by atoms with Gasteiger partial charge in [-0.1, -0.05) is 36.4 Å². The highest BCUT2D eigenvalue weighted by Crippen LogP contribution is 2.40. The van der Waals surface area contributed by atoms with Crippen LogP contribution in [-0.2, 0) is 17.6 Å². The molecule has 0 fully saturated rings. The highest BCUT2D eigenvalue weighted by Gasteiger charge is 2.29. The van der Waals surface area contributed by atoms with Crippen molar-refractivity contribution in [3.05, 3.63) is 59.2 Å². The first-order valence-electron chi connectivity index (χ1n) is 7.62. The molecule has 4 heteroatoms. The van der Waals surface area contributed by atoms with E-state index in [-0.39, 0.29) is 23.7 Å². The number of aryl methyl sites for hydroxylation is 1. The smallest absolute Gasteiger partial charge is 0.161 e. The molecule has 1 heterocycles. The fraction of sp³-hybridized carbons (Fsp3) is 0.333. The van der Waals surface area contributed by atoms with Crippen LogP contribution in [0, 0.1) is 0 Å². The standard InChI is InChI=1S/C18H21NO3/c19-11-17-14-8-9-16(20)18(21)15(14)10-13(22-17)7-6-12-4-2-1-3-5-12/h1-5,8-9,13,17,20-21H,6-7,10-11,19H2/t13-,17+/m1/s1. The fourth-order valence-electron chi connectivity index (χ4n) is 3.06. The number of nitrogens with two attached hydrogens (primary N) is 1. The van der Waals surface area contributed by atoms with Crippen molar-refractivity contribution < 1.29 is 14.9 Å². The first-order valence-corrected chi connectivity index (χ1v) is 7.62. The highest BCUT2D eigenvalue weighted by atomic mass is 16.5. The van der Waals surface area contributed by atoms with Crippen molar-refractivity contribution in [2.75, 3.05) is 6.54 Å². The topological polar surface area (TPSA) is 75.7 Å². The molecule has 0 saturated carbocycles. The van der Waals surface area contributed by atoms with Crippen molar-refractivity contribution in [3.63, 3.8) is 0 Å². The van der Waals surface area contributed by atoms with Crippen molar-refractivity contribution in [2.24, 2.45) is 5.73 Å². The molecule has 0 spiro atoms. The Morgan fingerprint density at radius 1 is 1.09 bits per heavy atom. The third kappa shape index (κ3) is 2.93. The monoisotopic (exact) mass is 299 g/mol. The summed E-state index contributed by atoms with van der Waals surface area (Å²) in [4.78, 5) is 0. The number of hydrogen-bond donors (Lipinski definition) is 3. The number of phenols is 2. The van der Waals surface area contributed by atoms with Crippen molar-refractivity contribution in [1.82, 2.24) is 0 Å². The first-order chi connectivity index (χ1) is 10.7. The Morgan fingerprint density at radius 2 is 1.86 bits per heavy atom.